The van der Waals surface area contributed by atoms with Crippen molar-refractivity contribution >= 4 is 10.9 Å². The van der Waals surface area contributed by atoms with E-state index in [1.165, 1.54) is 0 Å². The average Bonchev–Trinajstić information content (AvgIpc) is 2.51. The number of rotatable bonds is 1. The maximum Gasteiger partial charge on any atom is 0.147 e. The van der Waals surface area contributed by atoms with Crippen LogP contribution < -0.4 is 0 Å². The first-order chi connectivity index (χ1) is 6.18. The molecule has 0 aliphatic heterocycles. The Hall–Kier alpha value is -1.31. The quantitative estimate of drug-likeness (QED) is 0.686. The zero-order chi connectivity index (χ0) is 9.42. The van der Waals surface area contributed by atoms with E-state index in [-0.39, 0.29) is 5.82 Å². The Balaban J connectivity index is 2.70. The molecule has 2 aromatic rings. The molecule has 1 aromatic carbocycles. The van der Waals surface area contributed by atoms with E-state index in [1.807, 2.05) is 12.1 Å². The fourth-order valence-electron chi connectivity index (χ4n) is 1.48. The van der Waals surface area contributed by atoms with E-state index >= 15 is 0 Å². The molecule has 0 spiro atoms. The van der Waals surface area contributed by atoms with Crippen LogP contribution in [0.1, 0.15) is 25.3 Å². The lowest BCUT2D eigenvalue weighted by atomic mass is 10.0. The van der Waals surface area contributed by atoms with Crippen LogP contribution in [0.15, 0.2) is 24.4 Å². The molecule has 0 bridgehead atoms. The van der Waals surface area contributed by atoms with Gasteiger partial charge in [-0.15, -0.1) is 0 Å². The van der Waals surface area contributed by atoms with E-state index in [2.05, 4.69) is 18.8 Å². The number of nitrogens with one attached hydrogen (secondary N) is 1. The van der Waals surface area contributed by atoms with E-state index in [0.717, 1.165) is 10.9 Å². The molecule has 0 aliphatic carbocycles. The topological polar surface area (TPSA) is 15.8 Å². The van der Waals surface area contributed by atoms with Crippen LogP contribution in [0.4, 0.5) is 4.39 Å². The smallest absolute Gasteiger partial charge is 0.147 e. The predicted molar refractivity (Wildman–Crippen MR) is 52.3 cm³/mol. The lowest BCUT2D eigenvalue weighted by Gasteiger charge is -2.05. The number of aromatic nitrogens is 1. The highest BCUT2D eigenvalue weighted by Gasteiger charge is 2.06. The summed E-state index contributed by atoms with van der Waals surface area (Å²) in [5.74, 6) is 0.208. The number of aromatic amines is 1. The molecule has 2 rings (SSSR count). The number of H-pyrrole nitrogens is 1. The van der Waals surface area contributed by atoms with Crippen molar-refractivity contribution in [1.82, 2.24) is 4.98 Å². The Labute approximate surface area is 76.6 Å². The monoisotopic (exact) mass is 177 g/mol. The molecule has 0 amide bonds. The molecule has 0 aliphatic rings. The maximum atomic E-state index is 13.4. The van der Waals surface area contributed by atoms with Gasteiger partial charge in [-0.3, -0.25) is 0 Å². The molecule has 0 radical (unpaired) electrons. The van der Waals surface area contributed by atoms with Gasteiger partial charge < -0.3 is 4.98 Å². The number of benzene rings is 1. The van der Waals surface area contributed by atoms with Crippen molar-refractivity contribution in [3.8, 4) is 0 Å². The number of halogens is 1. The molecule has 1 N–H and O–H groups in total. The summed E-state index contributed by atoms with van der Waals surface area (Å²) in [5, 5.41) is 0.948. The second-order valence-corrected chi connectivity index (χ2v) is 3.60. The minimum absolute atomic E-state index is 0.161. The van der Waals surface area contributed by atoms with Crippen molar-refractivity contribution in [3.05, 3.63) is 35.8 Å². The summed E-state index contributed by atoms with van der Waals surface area (Å²) in [6, 6.07) is 5.52. The number of fused-ring (bicyclic) bond motifs is 1. The Kier molecular flexibility index (Phi) is 1.83. The minimum atomic E-state index is -0.161. The normalized spacial score (nSPS) is 11.4. The predicted octanol–water partition coefficient (Wildman–Crippen LogP) is 3.43. The van der Waals surface area contributed by atoms with E-state index < -0.39 is 0 Å². The molecule has 1 heterocycles. The molecule has 0 atom stereocenters. The van der Waals surface area contributed by atoms with Gasteiger partial charge >= 0.3 is 0 Å². The van der Waals surface area contributed by atoms with Crippen LogP contribution in [0, 0.1) is 5.82 Å². The highest BCUT2D eigenvalue weighted by atomic mass is 19.1. The second kappa shape index (κ2) is 2.87. The van der Waals surface area contributed by atoms with Gasteiger partial charge in [-0.25, -0.2) is 4.39 Å². The van der Waals surface area contributed by atoms with Crippen LogP contribution in [0.2, 0.25) is 0 Å². The zero-order valence-corrected chi connectivity index (χ0v) is 7.76. The highest BCUT2D eigenvalue weighted by Crippen LogP contribution is 2.23. The van der Waals surface area contributed by atoms with Gasteiger partial charge in [0.2, 0.25) is 0 Å². The average molecular weight is 177 g/mol. The van der Waals surface area contributed by atoms with Crippen LogP contribution in [0.5, 0.6) is 0 Å². The summed E-state index contributed by atoms with van der Waals surface area (Å²) in [6.07, 6.45) is 1.76. The summed E-state index contributed by atoms with van der Waals surface area (Å²) >= 11 is 0. The van der Waals surface area contributed by atoms with E-state index in [4.69, 9.17) is 0 Å². The third kappa shape index (κ3) is 1.32. The third-order valence-corrected chi connectivity index (χ3v) is 2.30. The SMILES string of the molecule is CC(C)c1cc(F)c2[nH]ccc2c1. The van der Waals surface area contributed by atoms with Gasteiger partial charge in [0.15, 0.2) is 0 Å². The minimum Gasteiger partial charge on any atom is -0.359 e. The summed E-state index contributed by atoms with van der Waals surface area (Å²) in [7, 11) is 0. The van der Waals surface area contributed by atoms with Crippen molar-refractivity contribution in [2.45, 2.75) is 19.8 Å². The number of hydrogen-bond donors (Lipinski definition) is 1. The molecule has 68 valence electrons. The standard InChI is InChI=1S/C11H12FN/c1-7(2)9-5-8-3-4-13-11(8)10(12)6-9/h3-7,13H,1-2H3. The molecule has 1 nitrogen and oxygen atoms in total. The lowest BCUT2D eigenvalue weighted by Crippen LogP contribution is -1.89. The van der Waals surface area contributed by atoms with Crippen LogP contribution in [-0.4, -0.2) is 4.98 Å². The fourth-order valence-corrected chi connectivity index (χ4v) is 1.48. The van der Waals surface area contributed by atoms with Gasteiger partial charge in [0.1, 0.15) is 5.82 Å². The van der Waals surface area contributed by atoms with Crippen molar-refractivity contribution in [2.24, 2.45) is 0 Å². The van der Waals surface area contributed by atoms with Gasteiger partial charge in [-0.1, -0.05) is 13.8 Å². The van der Waals surface area contributed by atoms with E-state index in [9.17, 15) is 4.39 Å². The van der Waals surface area contributed by atoms with Crippen molar-refractivity contribution in [2.75, 3.05) is 0 Å². The van der Waals surface area contributed by atoms with Gasteiger partial charge in [0.25, 0.3) is 0 Å². The Morgan fingerprint density at radius 2 is 2.08 bits per heavy atom. The first-order valence-electron chi connectivity index (χ1n) is 4.45. The summed E-state index contributed by atoms with van der Waals surface area (Å²) in [4.78, 5) is 2.88. The van der Waals surface area contributed by atoms with Gasteiger partial charge in [-0.2, -0.15) is 0 Å². The van der Waals surface area contributed by atoms with Crippen molar-refractivity contribution < 1.29 is 4.39 Å². The van der Waals surface area contributed by atoms with Gasteiger partial charge in [0.05, 0.1) is 5.52 Å². The zero-order valence-electron chi connectivity index (χ0n) is 7.76. The van der Waals surface area contributed by atoms with E-state index in [1.54, 1.807) is 12.3 Å². The molecule has 0 fully saturated rings. The molecular weight excluding hydrogens is 165 g/mol. The van der Waals surface area contributed by atoms with Crippen molar-refractivity contribution in [3.63, 3.8) is 0 Å². The largest absolute Gasteiger partial charge is 0.359 e. The highest BCUT2D eigenvalue weighted by molar-refractivity contribution is 5.80. The van der Waals surface area contributed by atoms with Crippen LogP contribution in [0.25, 0.3) is 10.9 Å². The van der Waals surface area contributed by atoms with Crippen LogP contribution in [-0.2, 0) is 0 Å². The lowest BCUT2D eigenvalue weighted by molar-refractivity contribution is 0.633. The van der Waals surface area contributed by atoms with E-state index in [0.29, 0.717) is 11.4 Å². The molecule has 0 saturated carbocycles. The first-order valence-corrected chi connectivity index (χ1v) is 4.45. The molecule has 2 heteroatoms. The molecule has 1 aromatic heterocycles. The fraction of sp³-hybridized carbons (Fsp3) is 0.273. The molecular formula is C11H12FN. The molecule has 13 heavy (non-hydrogen) atoms. The van der Waals surface area contributed by atoms with Crippen molar-refractivity contribution in [1.29, 1.82) is 0 Å². The Morgan fingerprint density at radius 3 is 2.77 bits per heavy atom. The van der Waals surface area contributed by atoms with Crippen LogP contribution >= 0.6 is 0 Å². The van der Waals surface area contributed by atoms with Gasteiger partial charge in [-0.05, 0) is 29.7 Å². The summed E-state index contributed by atoms with van der Waals surface area (Å²) in [5.41, 5.74) is 1.65. The number of hydrogen-bond acceptors (Lipinski definition) is 0. The summed E-state index contributed by atoms with van der Waals surface area (Å²) < 4.78 is 13.4. The second-order valence-electron chi connectivity index (χ2n) is 3.60. The van der Waals surface area contributed by atoms with Gasteiger partial charge in [0, 0.05) is 11.6 Å². The Bertz CT molecular complexity index is 429. The first kappa shape index (κ1) is 8.30. The Morgan fingerprint density at radius 1 is 1.31 bits per heavy atom. The van der Waals surface area contributed by atoms with Crippen LogP contribution in [0.3, 0.4) is 0 Å². The maximum absolute atomic E-state index is 13.4. The molecule has 0 saturated heterocycles. The third-order valence-electron chi connectivity index (χ3n) is 2.30. The summed E-state index contributed by atoms with van der Waals surface area (Å²) in [6.45, 7) is 4.13. The molecule has 0 unspecified atom stereocenters.